The number of methoxy groups -OCH3 is 2. The van der Waals surface area contributed by atoms with Crippen molar-refractivity contribution in [3.05, 3.63) is 53.4 Å². The molecule has 31 heavy (non-hydrogen) atoms. The number of hydrogen-bond donors (Lipinski definition) is 0. The van der Waals surface area contributed by atoms with E-state index in [0.29, 0.717) is 34.1 Å². The predicted octanol–water partition coefficient (Wildman–Crippen LogP) is 4.98. The highest BCUT2D eigenvalue weighted by Crippen LogP contribution is 2.32. The second-order valence-corrected chi connectivity index (χ2v) is 7.80. The van der Waals surface area contributed by atoms with Crippen LogP contribution in [0.1, 0.15) is 12.8 Å². The molecule has 2 aromatic carbocycles. The van der Waals surface area contributed by atoms with E-state index < -0.39 is 0 Å². The maximum absolute atomic E-state index is 5.99. The molecule has 0 N–H and O–H groups in total. The molecular formula is C21H20ClN5O3S. The molecule has 0 amide bonds. The minimum Gasteiger partial charge on any atom is -0.493 e. The van der Waals surface area contributed by atoms with Crippen LogP contribution in [0.15, 0.2) is 52.0 Å². The van der Waals surface area contributed by atoms with Crippen LogP contribution in [-0.2, 0) is 12.3 Å². The van der Waals surface area contributed by atoms with E-state index in [1.807, 2.05) is 34.9 Å². The SMILES string of the molecule is CCn1c(SCc2nnc(-c3ccc(OC)c(OC)c3)o2)nnc1-c1ccc(Cl)cc1. The molecule has 0 bridgehead atoms. The Morgan fingerprint density at radius 1 is 0.935 bits per heavy atom. The Morgan fingerprint density at radius 3 is 2.39 bits per heavy atom. The molecule has 0 fully saturated rings. The first-order chi connectivity index (χ1) is 15.1. The molecule has 8 nitrogen and oxygen atoms in total. The summed E-state index contributed by atoms with van der Waals surface area (Å²) in [6.45, 7) is 2.78. The maximum atomic E-state index is 5.99. The summed E-state index contributed by atoms with van der Waals surface area (Å²) in [6.07, 6.45) is 0. The summed E-state index contributed by atoms with van der Waals surface area (Å²) in [4.78, 5) is 0. The molecule has 0 saturated heterocycles. The Labute approximate surface area is 188 Å². The van der Waals surface area contributed by atoms with Crippen LogP contribution in [0.3, 0.4) is 0 Å². The summed E-state index contributed by atoms with van der Waals surface area (Å²) in [7, 11) is 3.17. The van der Waals surface area contributed by atoms with Crippen LogP contribution in [0.4, 0.5) is 0 Å². The summed E-state index contributed by atoms with van der Waals surface area (Å²) in [5, 5.41) is 18.4. The van der Waals surface area contributed by atoms with Crippen LogP contribution in [0.5, 0.6) is 11.5 Å². The van der Waals surface area contributed by atoms with Gasteiger partial charge in [0.1, 0.15) is 0 Å². The summed E-state index contributed by atoms with van der Waals surface area (Å²) >= 11 is 7.48. The molecule has 2 heterocycles. The molecule has 0 aliphatic carbocycles. The molecule has 0 atom stereocenters. The van der Waals surface area contributed by atoms with Crippen LogP contribution >= 0.6 is 23.4 Å². The molecule has 0 saturated carbocycles. The van der Waals surface area contributed by atoms with Crippen molar-refractivity contribution in [2.24, 2.45) is 0 Å². The average molecular weight is 458 g/mol. The van der Waals surface area contributed by atoms with Gasteiger partial charge in [0.05, 0.1) is 20.0 Å². The van der Waals surface area contributed by atoms with Gasteiger partial charge in [0, 0.05) is 22.7 Å². The van der Waals surface area contributed by atoms with E-state index in [9.17, 15) is 0 Å². The molecule has 0 spiro atoms. The zero-order valence-corrected chi connectivity index (χ0v) is 18.8. The largest absolute Gasteiger partial charge is 0.493 e. The lowest BCUT2D eigenvalue weighted by molar-refractivity contribution is 0.355. The van der Waals surface area contributed by atoms with Crippen molar-refractivity contribution < 1.29 is 13.9 Å². The summed E-state index contributed by atoms with van der Waals surface area (Å²) in [5.41, 5.74) is 1.71. The van der Waals surface area contributed by atoms with E-state index in [-0.39, 0.29) is 0 Å². The highest BCUT2D eigenvalue weighted by molar-refractivity contribution is 7.98. The number of halogens is 1. The predicted molar refractivity (Wildman–Crippen MR) is 119 cm³/mol. The highest BCUT2D eigenvalue weighted by atomic mass is 35.5. The first kappa shape index (κ1) is 21.2. The van der Waals surface area contributed by atoms with Gasteiger partial charge >= 0.3 is 0 Å². The van der Waals surface area contributed by atoms with Crippen LogP contribution in [-0.4, -0.2) is 39.2 Å². The summed E-state index contributed by atoms with van der Waals surface area (Å²) < 4.78 is 18.5. The van der Waals surface area contributed by atoms with Crippen LogP contribution in [0.25, 0.3) is 22.8 Å². The van der Waals surface area contributed by atoms with Crippen molar-refractivity contribution in [2.75, 3.05) is 14.2 Å². The molecular weight excluding hydrogens is 438 g/mol. The second-order valence-electron chi connectivity index (χ2n) is 6.42. The lowest BCUT2D eigenvalue weighted by Crippen LogP contribution is -1.99. The Morgan fingerprint density at radius 2 is 1.68 bits per heavy atom. The molecule has 4 rings (SSSR count). The van der Waals surface area contributed by atoms with Gasteiger partial charge in [0.2, 0.25) is 11.8 Å². The molecule has 0 radical (unpaired) electrons. The monoisotopic (exact) mass is 457 g/mol. The van der Waals surface area contributed by atoms with Gasteiger partial charge in [-0.2, -0.15) is 0 Å². The van der Waals surface area contributed by atoms with E-state index in [4.69, 9.17) is 25.5 Å². The van der Waals surface area contributed by atoms with Crippen molar-refractivity contribution in [2.45, 2.75) is 24.4 Å². The molecule has 4 aromatic rings. The van der Waals surface area contributed by atoms with Gasteiger partial charge in [-0.3, -0.25) is 0 Å². The minimum atomic E-state index is 0.412. The van der Waals surface area contributed by atoms with Gasteiger partial charge < -0.3 is 18.5 Å². The fourth-order valence-corrected chi connectivity index (χ4v) is 3.98. The van der Waals surface area contributed by atoms with E-state index in [0.717, 1.165) is 28.7 Å². The lowest BCUT2D eigenvalue weighted by atomic mass is 10.2. The van der Waals surface area contributed by atoms with E-state index in [1.54, 1.807) is 26.4 Å². The molecule has 0 aliphatic heterocycles. The number of ether oxygens (including phenoxy) is 2. The Hall–Kier alpha value is -3.04. The number of rotatable bonds is 8. The van der Waals surface area contributed by atoms with Gasteiger partial charge in [-0.25, -0.2) is 0 Å². The van der Waals surface area contributed by atoms with E-state index >= 15 is 0 Å². The third kappa shape index (κ3) is 4.52. The zero-order chi connectivity index (χ0) is 21.8. The number of aromatic nitrogens is 5. The molecule has 0 aliphatic rings. The standard InChI is InChI=1S/C21H20ClN5O3S/c1-4-27-19(13-5-8-15(22)9-6-13)24-26-21(27)31-12-18-23-25-20(30-18)14-7-10-16(28-2)17(11-14)29-3/h5-11H,4,12H2,1-3H3. The smallest absolute Gasteiger partial charge is 0.247 e. The van der Waals surface area contributed by atoms with Crippen LogP contribution in [0.2, 0.25) is 5.02 Å². The van der Waals surface area contributed by atoms with Gasteiger partial charge in [0.25, 0.3) is 0 Å². The summed E-state index contributed by atoms with van der Waals surface area (Å²) in [5.74, 6) is 3.40. The fourth-order valence-electron chi connectivity index (χ4n) is 3.02. The van der Waals surface area contributed by atoms with Crippen molar-refractivity contribution >= 4 is 23.4 Å². The van der Waals surface area contributed by atoms with Gasteiger partial charge in [-0.1, -0.05) is 23.4 Å². The maximum Gasteiger partial charge on any atom is 0.247 e. The topological polar surface area (TPSA) is 88.1 Å². The Kier molecular flexibility index (Phi) is 6.43. The fraction of sp³-hybridized carbons (Fsp3) is 0.238. The second kappa shape index (κ2) is 9.40. The average Bonchev–Trinajstić information content (AvgIpc) is 3.44. The van der Waals surface area contributed by atoms with Gasteiger partial charge in [0.15, 0.2) is 22.5 Å². The first-order valence-corrected chi connectivity index (χ1v) is 10.9. The third-order valence-electron chi connectivity index (χ3n) is 4.56. The van der Waals surface area contributed by atoms with Crippen molar-refractivity contribution in [3.63, 3.8) is 0 Å². The highest BCUT2D eigenvalue weighted by Gasteiger charge is 2.16. The van der Waals surface area contributed by atoms with Crippen molar-refractivity contribution in [1.82, 2.24) is 25.0 Å². The van der Waals surface area contributed by atoms with Crippen LogP contribution < -0.4 is 9.47 Å². The van der Waals surface area contributed by atoms with E-state index in [2.05, 4.69) is 27.3 Å². The van der Waals surface area contributed by atoms with Gasteiger partial charge in [-0.15, -0.1) is 20.4 Å². The molecule has 2 aromatic heterocycles. The normalized spacial score (nSPS) is 11.0. The number of hydrogen-bond acceptors (Lipinski definition) is 8. The quantitative estimate of drug-likeness (QED) is 0.342. The van der Waals surface area contributed by atoms with Gasteiger partial charge in [-0.05, 0) is 49.4 Å². The number of thioether (sulfide) groups is 1. The number of nitrogens with zero attached hydrogens (tertiary/aromatic N) is 5. The van der Waals surface area contributed by atoms with Crippen molar-refractivity contribution in [1.29, 1.82) is 0 Å². The summed E-state index contributed by atoms with van der Waals surface area (Å²) in [6, 6.07) is 13.0. The Bertz CT molecular complexity index is 1180. The van der Waals surface area contributed by atoms with Crippen molar-refractivity contribution in [3.8, 4) is 34.3 Å². The molecule has 0 unspecified atom stereocenters. The first-order valence-electron chi connectivity index (χ1n) is 9.49. The minimum absolute atomic E-state index is 0.412. The van der Waals surface area contributed by atoms with E-state index in [1.165, 1.54) is 11.8 Å². The zero-order valence-electron chi connectivity index (χ0n) is 17.2. The molecule has 160 valence electrons. The van der Waals surface area contributed by atoms with Crippen LogP contribution in [0, 0.1) is 0 Å². The lowest BCUT2D eigenvalue weighted by Gasteiger charge is -2.07. The number of benzene rings is 2. The molecule has 10 heteroatoms. The Balaban J connectivity index is 1.50. The third-order valence-corrected chi connectivity index (χ3v) is 5.76.